The summed E-state index contributed by atoms with van der Waals surface area (Å²) in [6.07, 6.45) is 0. The molecule has 0 heterocycles. The van der Waals surface area contributed by atoms with Crippen LogP contribution in [0.3, 0.4) is 0 Å². The zero-order chi connectivity index (χ0) is 19.0. The van der Waals surface area contributed by atoms with E-state index in [1.165, 1.54) is 12.1 Å². The van der Waals surface area contributed by atoms with Crippen molar-refractivity contribution >= 4 is 10.0 Å². The first-order chi connectivity index (χ1) is 12.5. The number of sulfonamides is 1. The second-order valence-corrected chi connectivity index (χ2v) is 6.97. The molecule has 2 aromatic rings. The number of nitrogens with one attached hydrogen (secondary N) is 1. The van der Waals surface area contributed by atoms with E-state index in [1.54, 1.807) is 44.6 Å². The maximum Gasteiger partial charge on any atom is 0.240 e. The predicted molar refractivity (Wildman–Crippen MR) is 97.8 cm³/mol. The highest BCUT2D eigenvalue weighted by molar-refractivity contribution is 7.89. The Morgan fingerprint density at radius 3 is 1.96 bits per heavy atom. The molecule has 0 saturated heterocycles. The van der Waals surface area contributed by atoms with Gasteiger partial charge in [0.25, 0.3) is 0 Å². The van der Waals surface area contributed by atoms with Crippen molar-refractivity contribution in [2.24, 2.45) is 0 Å². The lowest BCUT2D eigenvalue weighted by Gasteiger charge is -2.11. The van der Waals surface area contributed by atoms with Crippen molar-refractivity contribution in [2.75, 3.05) is 34.0 Å². The van der Waals surface area contributed by atoms with Crippen LogP contribution in [-0.4, -0.2) is 42.4 Å². The van der Waals surface area contributed by atoms with Gasteiger partial charge in [-0.15, -0.1) is 0 Å². The molecule has 8 heteroatoms. The number of hydrogen-bond donors (Lipinski definition) is 1. The lowest BCUT2D eigenvalue weighted by Crippen LogP contribution is -2.28. The van der Waals surface area contributed by atoms with Gasteiger partial charge in [0.05, 0.1) is 25.7 Å². The first-order valence-corrected chi connectivity index (χ1v) is 9.55. The van der Waals surface area contributed by atoms with Crippen LogP contribution >= 0.6 is 0 Å². The van der Waals surface area contributed by atoms with Crippen LogP contribution in [-0.2, 0) is 10.0 Å². The molecule has 0 aromatic heterocycles. The van der Waals surface area contributed by atoms with Crippen molar-refractivity contribution in [1.29, 1.82) is 0 Å². The Morgan fingerprint density at radius 1 is 0.846 bits per heavy atom. The van der Waals surface area contributed by atoms with Crippen LogP contribution in [0.15, 0.2) is 47.4 Å². The van der Waals surface area contributed by atoms with Gasteiger partial charge in [-0.05, 0) is 31.2 Å². The Bertz CT molecular complexity index is 783. The minimum Gasteiger partial charge on any atom is -0.496 e. The Kier molecular flexibility index (Phi) is 7.11. The van der Waals surface area contributed by atoms with Crippen molar-refractivity contribution in [3.05, 3.63) is 42.5 Å². The monoisotopic (exact) mass is 381 g/mol. The zero-order valence-corrected chi connectivity index (χ0v) is 15.8. The second-order valence-electron chi connectivity index (χ2n) is 5.20. The molecule has 0 aliphatic heterocycles. The Labute approximate surface area is 153 Å². The summed E-state index contributed by atoms with van der Waals surface area (Å²) in [5.74, 6) is 2.34. The molecule has 0 amide bonds. The molecule has 142 valence electrons. The lowest BCUT2D eigenvalue weighted by molar-refractivity contribution is 0.316. The molecule has 0 bridgehead atoms. The molecule has 0 fully saturated rings. The quantitative estimate of drug-likeness (QED) is 0.637. The highest BCUT2D eigenvalue weighted by atomic mass is 32.2. The van der Waals surface area contributed by atoms with Gasteiger partial charge in [-0.1, -0.05) is 0 Å². The van der Waals surface area contributed by atoms with Crippen molar-refractivity contribution in [2.45, 2.75) is 11.8 Å². The third-order valence-electron chi connectivity index (χ3n) is 3.43. The maximum absolute atomic E-state index is 12.3. The second kappa shape index (κ2) is 9.30. The molecular weight excluding hydrogens is 358 g/mol. The van der Waals surface area contributed by atoms with Gasteiger partial charge in [0, 0.05) is 24.7 Å². The van der Waals surface area contributed by atoms with E-state index in [2.05, 4.69) is 4.72 Å². The molecule has 2 rings (SSSR count). The van der Waals surface area contributed by atoms with Crippen LogP contribution in [0.2, 0.25) is 0 Å². The molecule has 0 saturated carbocycles. The van der Waals surface area contributed by atoms with Gasteiger partial charge in [0.1, 0.15) is 29.6 Å². The molecule has 0 aliphatic carbocycles. The van der Waals surface area contributed by atoms with E-state index in [4.69, 9.17) is 18.9 Å². The largest absolute Gasteiger partial charge is 0.496 e. The van der Waals surface area contributed by atoms with Gasteiger partial charge in [-0.3, -0.25) is 0 Å². The van der Waals surface area contributed by atoms with Crippen LogP contribution in [0.25, 0.3) is 0 Å². The average Bonchev–Trinajstić information content (AvgIpc) is 2.65. The van der Waals surface area contributed by atoms with Gasteiger partial charge in [-0.25, -0.2) is 13.1 Å². The third-order valence-corrected chi connectivity index (χ3v) is 4.91. The van der Waals surface area contributed by atoms with Crippen LogP contribution in [0.4, 0.5) is 0 Å². The van der Waals surface area contributed by atoms with E-state index in [-0.39, 0.29) is 18.0 Å². The fraction of sp³-hybridized carbons (Fsp3) is 0.333. The highest BCUT2D eigenvalue weighted by Gasteiger charge is 2.13. The van der Waals surface area contributed by atoms with E-state index in [0.29, 0.717) is 29.6 Å². The van der Waals surface area contributed by atoms with Crippen molar-refractivity contribution in [1.82, 2.24) is 4.72 Å². The zero-order valence-electron chi connectivity index (χ0n) is 15.0. The number of ether oxygens (including phenoxy) is 4. The molecular formula is C18H23NO6S. The smallest absolute Gasteiger partial charge is 0.240 e. The SMILES string of the molecule is CCOc1ccc(S(=O)(=O)NCCOc2cc(OC)cc(OC)c2)cc1. The van der Waals surface area contributed by atoms with E-state index >= 15 is 0 Å². The molecule has 0 spiro atoms. The standard InChI is InChI=1S/C18H23NO6S/c1-4-24-14-5-7-18(8-6-14)26(20,21)19-9-10-25-17-12-15(22-2)11-16(13-17)23-3/h5-8,11-13,19H,4,9-10H2,1-3H3. The van der Waals surface area contributed by atoms with Crippen LogP contribution in [0.1, 0.15) is 6.92 Å². The first kappa shape index (κ1) is 19.9. The molecule has 0 radical (unpaired) electrons. The van der Waals surface area contributed by atoms with Crippen molar-refractivity contribution < 1.29 is 27.4 Å². The van der Waals surface area contributed by atoms with E-state index in [1.807, 2.05) is 6.92 Å². The predicted octanol–water partition coefficient (Wildman–Crippen LogP) is 2.46. The lowest BCUT2D eigenvalue weighted by atomic mass is 10.3. The summed E-state index contributed by atoms with van der Waals surface area (Å²) in [4.78, 5) is 0.170. The van der Waals surface area contributed by atoms with Crippen molar-refractivity contribution in [3.63, 3.8) is 0 Å². The topological polar surface area (TPSA) is 83.1 Å². The Morgan fingerprint density at radius 2 is 1.42 bits per heavy atom. The summed E-state index contributed by atoms with van der Waals surface area (Å²) in [6.45, 7) is 2.67. The maximum atomic E-state index is 12.3. The summed E-state index contributed by atoms with van der Waals surface area (Å²) in [7, 11) is -0.517. The van der Waals surface area contributed by atoms with E-state index in [0.717, 1.165) is 0 Å². The molecule has 7 nitrogen and oxygen atoms in total. The molecule has 0 unspecified atom stereocenters. The molecule has 26 heavy (non-hydrogen) atoms. The van der Waals surface area contributed by atoms with Crippen molar-refractivity contribution in [3.8, 4) is 23.0 Å². The fourth-order valence-corrected chi connectivity index (χ4v) is 3.19. The minimum absolute atomic E-state index is 0.120. The van der Waals surface area contributed by atoms with Gasteiger partial charge < -0.3 is 18.9 Å². The Hall–Kier alpha value is -2.45. The first-order valence-electron chi connectivity index (χ1n) is 8.07. The van der Waals surface area contributed by atoms with Crippen LogP contribution in [0, 0.1) is 0 Å². The molecule has 0 aliphatic rings. The van der Waals surface area contributed by atoms with Crippen LogP contribution in [0.5, 0.6) is 23.0 Å². The van der Waals surface area contributed by atoms with Gasteiger partial charge >= 0.3 is 0 Å². The summed E-state index contributed by atoms with van der Waals surface area (Å²) >= 11 is 0. The summed E-state index contributed by atoms with van der Waals surface area (Å²) in [6, 6.07) is 11.4. The van der Waals surface area contributed by atoms with Gasteiger partial charge in [0.2, 0.25) is 10.0 Å². The van der Waals surface area contributed by atoms with Crippen LogP contribution < -0.4 is 23.7 Å². The summed E-state index contributed by atoms with van der Waals surface area (Å²) in [5.41, 5.74) is 0. The summed E-state index contributed by atoms with van der Waals surface area (Å²) < 4.78 is 48.2. The third kappa shape index (κ3) is 5.53. The number of hydrogen-bond acceptors (Lipinski definition) is 6. The minimum atomic E-state index is -3.61. The number of methoxy groups -OCH3 is 2. The van der Waals surface area contributed by atoms with E-state index in [9.17, 15) is 8.42 Å². The Balaban J connectivity index is 1.90. The highest BCUT2D eigenvalue weighted by Crippen LogP contribution is 2.27. The normalized spacial score (nSPS) is 11.0. The summed E-state index contributed by atoms with van der Waals surface area (Å²) in [5, 5.41) is 0. The fourth-order valence-electron chi connectivity index (χ4n) is 2.17. The number of rotatable bonds is 10. The van der Waals surface area contributed by atoms with Gasteiger partial charge in [0.15, 0.2) is 0 Å². The molecule has 1 N–H and O–H groups in total. The average molecular weight is 381 g/mol. The molecule has 0 atom stereocenters. The number of benzene rings is 2. The van der Waals surface area contributed by atoms with E-state index < -0.39 is 10.0 Å². The molecule has 2 aromatic carbocycles. The van der Waals surface area contributed by atoms with Gasteiger partial charge in [-0.2, -0.15) is 0 Å².